The van der Waals surface area contributed by atoms with Crippen LogP contribution in [-0.4, -0.2) is 47.7 Å². The van der Waals surface area contributed by atoms with Gasteiger partial charge in [-0.25, -0.2) is 4.79 Å². The van der Waals surface area contributed by atoms with E-state index in [1.54, 1.807) is 11.0 Å². The zero-order chi connectivity index (χ0) is 21.1. The maximum atomic E-state index is 13.2. The third-order valence-electron chi connectivity index (χ3n) is 6.48. The molecule has 0 radical (unpaired) electrons. The number of aliphatic hydroxyl groups excluding tert-OH is 1. The highest BCUT2D eigenvalue weighted by atomic mass is 16.6. The summed E-state index contributed by atoms with van der Waals surface area (Å²) < 4.78 is 5.11. The van der Waals surface area contributed by atoms with Gasteiger partial charge in [-0.2, -0.15) is 0 Å². The Morgan fingerprint density at radius 2 is 1.86 bits per heavy atom. The highest BCUT2D eigenvalue weighted by molar-refractivity contribution is 5.91. The minimum atomic E-state index is -0.610. The Morgan fingerprint density at radius 1 is 1.24 bits per heavy atom. The molecule has 1 aromatic carbocycles. The number of hydrogen-bond acceptors (Lipinski definition) is 4. The summed E-state index contributed by atoms with van der Waals surface area (Å²) in [5.41, 5.74) is 4.37. The fraction of sp³-hybridized carbons (Fsp3) is 0.583. The van der Waals surface area contributed by atoms with E-state index in [2.05, 4.69) is 25.6 Å². The molecule has 2 aliphatic rings. The van der Waals surface area contributed by atoms with Crippen molar-refractivity contribution in [2.24, 2.45) is 11.8 Å². The van der Waals surface area contributed by atoms with Crippen molar-refractivity contribution >= 4 is 11.9 Å². The minimum Gasteiger partial charge on any atom is -0.445 e. The van der Waals surface area contributed by atoms with E-state index in [1.165, 1.54) is 5.56 Å². The average molecular weight is 400 g/mol. The molecule has 158 valence electrons. The van der Waals surface area contributed by atoms with Crippen LogP contribution in [0, 0.1) is 32.6 Å². The summed E-state index contributed by atoms with van der Waals surface area (Å²) in [5, 5.41) is 10.7. The summed E-state index contributed by atoms with van der Waals surface area (Å²) >= 11 is 0. The number of hydrogen-bond donors (Lipinski definition) is 1. The van der Waals surface area contributed by atoms with Gasteiger partial charge in [0.25, 0.3) is 0 Å². The van der Waals surface area contributed by atoms with E-state index in [-0.39, 0.29) is 24.4 Å². The second kappa shape index (κ2) is 9.12. The lowest BCUT2D eigenvalue weighted by molar-refractivity contribution is -0.123. The molecule has 1 aliphatic heterocycles. The van der Waals surface area contributed by atoms with Crippen LogP contribution >= 0.6 is 0 Å². The van der Waals surface area contributed by atoms with Crippen LogP contribution in [0.5, 0.6) is 0 Å². The molecule has 3 atom stereocenters. The van der Waals surface area contributed by atoms with E-state index in [9.17, 15) is 14.7 Å². The van der Waals surface area contributed by atoms with E-state index in [0.717, 1.165) is 36.0 Å². The zero-order valence-electron chi connectivity index (χ0n) is 17.8. The predicted octanol–water partition coefficient (Wildman–Crippen LogP) is 4.07. The first-order chi connectivity index (χ1) is 13.8. The van der Waals surface area contributed by atoms with Crippen LogP contribution in [0.3, 0.4) is 0 Å². The quantitative estimate of drug-likeness (QED) is 0.758. The molecule has 1 saturated heterocycles. The van der Waals surface area contributed by atoms with Crippen LogP contribution in [0.2, 0.25) is 0 Å². The van der Waals surface area contributed by atoms with E-state index in [4.69, 9.17) is 4.74 Å². The number of benzene rings is 1. The number of Topliss-reactive ketones (excluding diaryl/α,β-unsaturated/α-hetero) is 1. The Morgan fingerprint density at radius 3 is 2.45 bits per heavy atom. The van der Waals surface area contributed by atoms with E-state index in [0.29, 0.717) is 25.4 Å². The van der Waals surface area contributed by atoms with E-state index < -0.39 is 12.0 Å². The topological polar surface area (TPSA) is 66.8 Å². The number of aryl methyl sites for hydroxylation is 3. The molecule has 0 bridgehead atoms. The fourth-order valence-electron chi connectivity index (χ4n) is 5.19. The Balaban J connectivity index is 1.61. The molecule has 1 heterocycles. The van der Waals surface area contributed by atoms with Gasteiger partial charge in [-0.15, -0.1) is 0 Å². The largest absolute Gasteiger partial charge is 0.445 e. The third kappa shape index (κ3) is 4.72. The summed E-state index contributed by atoms with van der Waals surface area (Å²) in [4.78, 5) is 26.9. The smallest absolute Gasteiger partial charge is 0.410 e. The summed E-state index contributed by atoms with van der Waals surface area (Å²) in [6, 6.07) is 4.19. The van der Waals surface area contributed by atoms with Crippen LogP contribution in [0.15, 0.2) is 24.8 Å². The van der Waals surface area contributed by atoms with Gasteiger partial charge in [-0.3, -0.25) is 4.79 Å². The van der Waals surface area contributed by atoms with Gasteiger partial charge in [0.05, 0.1) is 12.0 Å². The Kier molecular flexibility index (Phi) is 6.78. The molecular formula is C24H33NO4. The molecule has 1 aliphatic carbocycles. The second-order valence-electron chi connectivity index (χ2n) is 8.72. The number of aliphatic hydroxyl groups is 1. The summed E-state index contributed by atoms with van der Waals surface area (Å²) in [7, 11) is 0. The molecule has 29 heavy (non-hydrogen) atoms. The first-order valence-corrected chi connectivity index (χ1v) is 10.6. The van der Waals surface area contributed by atoms with Gasteiger partial charge >= 0.3 is 6.09 Å². The van der Waals surface area contributed by atoms with Crippen molar-refractivity contribution in [1.29, 1.82) is 0 Å². The number of carbonyl (C=O) groups is 2. The lowest BCUT2D eigenvalue weighted by atomic mass is 9.83. The van der Waals surface area contributed by atoms with Gasteiger partial charge in [0.1, 0.15) is 12.4 Å². The summed E-state index contributed by atoms with van der Waals surface area (Å²) in [6.45, 7) is 11.2. The maximum Gasteiger partial charge on any atom is 0.410 e. The molecule has 0 aromatic heterocycles. The molecular weight excluding hydrogens is 366 g/mol. The number of nitrogens with zero attached hydrogens (tertiary/aromatic N) is 1. The van der Waals surface area contributed by atoms with E-state index >= 15 is 0 Å². The Labute approximate surface area is 173 Å². The second-order valence-corrected chi connectivity index (χ2v) is 8.72. The first kappa shape index (κ1) is 21.6. The Bertz CT molecular complexity index is 756. The molecule has 1 N–H and O–H groups in total. The molecule has 1 amide bonds. The van der Waals surface area contributed by atoms with Gasteiger partial charge in [0, 0.05) is 19.0 Å². The standard InChI is InChI=1S/C24H33NO4/c1-5-10-29-24(28)25-8-6-18(7-9-25)13-19-14-20(26)22(23(19)27)21-16(3)11-15(2)12-17(21)4/h5,11-12,18-20,22,26H,1,6-10,13-14H2,2-4H3. The Hall–Kier alpha value is -2.14. The first-order valence-electron chi connectivity index (χ1n) is 10.6. The van der Waals surface area contributed by atoms with Gasteiger partial charge in [0.15, 0.2) is 0 Å². The van der Waals surface area contributed by atoms with Gasteiger partial charge in [-0.05, 0) is 69.1 Å². The van der Waals surface area contributed by atoms with Gasteiger partial charge < -0.3 is 14.7 Å². The van der Waals surface area contributed by atoms with Crippen LogP contribution in [0.4, 0.5) is 4.79 Å². The van der Waals surface area contributed by atoms with Gasteiger partial charge in [-0.1, -0.05) is 30.4 Å². The molecule has 5 nitrogen and oxygen atoms in total. The van der Waals surface area contributed by atoms with Crippen LogP contribution in [0.25, 0.3) is 0 Å². The monoisotopic (exact) mass is 399 g/mol. The highest BCUT2D eigenvalue weighted by Gasteiger charge is 2.44. The van der Waals surface area contributed by atoms with Crippen molar-refractivity contribution in [3.63, 3.8) is 0 Å². The number of likely N-dealkylation sites (tertiary alicyclic amines) is 1. The van der Waals surface area contributed by atoms with Crippen molar-refractivity contribution in [3.8, 4) is 0 Å². The molecule has 3 unspecified atom stereocenters. The van der Waals surface area contributed by atoms with Crippen molar-refractivity contribution in [2.45, 2.75) is 58.5 Å². The normalized spacial score (nSPS) is 25.3. The average Bonchev–Trinajstić information content (AvgIpc) is 2.93. The number of piperidine rings is 1. The summed E-state index contributed by atoms with van der Waals surface area (Å²) in [6.07, 6.45) is 3.74. The van der Waals surface area contributed by atoms with Crippen molar-refractivity contribution in [2.75, 3.05) is 19.7 Å². The minimum absolute atomic E-state index is 0.0978. The lowest BCUT2D eigenvalue weighted by Crippen LogP contribution is -2.39. The molecule has 0 spiro atoms. The van der Waals surface area contributed by atoms with Crippen molar-refractivity contribution < 1.29 is 19.4 Å². The molecule has 1 aromatic rings. The summed E-state index contributed by atoms with van der Waals surface area (Å²) in [5.74, 6) is 0.0767. The van der Waals surface area contributed by atoms with Crippen molar-refractivity contribution in [3.05, 3.63) is 47.0 Å². The number of carbonyl (C=O) groups excluding carboxylic acids is 2. The molecule has 5 heteroatoms. The number of ketones is 1. The number of amides is 1. The number of rotatable bonds is 5. The van der Waals surface area contributed by atoms with E-state index in [1.807, 2.05) is 13.8 Å². The van der Waals surface area contributed by atoms with Gasteiger partial charge in [0.2, 0.25) is 0 Å². The maximum absolute atomic E-state index is 13.2. The SMILES string of the molecule is C=CCOC(=O)N1CCC(CC2CC(O)C(c3c(C)cc(C)cc3C)C2=O)CC1. The molecule has 3 rings (SSSR count). The third-order valence-corrected chi connectivity index (χ3v) is 6.48. The lowest BCUT2D eigenvalue weighted by Gasteiger charge is -2.32. The zero-order valence-corrected chi connectivity index (χ0v) is 17.8. The molecule has 2 fully saturated rings. The van der Waals surface area contributed by atoms with Crippen LogP contribution in [-0.2, 0) is 9.53 Å². The molecule has 1 saturated carbocycles. The van der Waals surface area contributed by atoms with Crippen molar-refractivity contribution in [1.82, 2.24) is 4.90 Å². The number of ether oxygens (including phenoxy) is 1. The highest BCUT2D eigenvalue weighted by Crippen LogP contribution is 2.42. The predicted molar refractivity (Wildman–Crippen MR) is 113 cm³/mol. The van der Waals surface area contributed by atoms with Crippen LogP contribution in [0.1, 0.15) is 53.9 Å². The van der Waals surface area contributed by atoms with Crippen LogP contribution < -0.4 is 0 Å². The fourth-order valence-corrected chi connectivity index (χ4v) is 5.19.